The quantitative estimate of drug-likeness (QED) is 0.369. The maximum absolute atomic E-state index is 10.3. The van der Waals surface area contributed by atoms with Crippen LogP contribution in [-0.2, 0) is 0 Å². The first-order valence-corrected chi connectivity index (χ1v) is 9.82. The minimum atomic E-state index is -0.325. The number of allylic oxidation sites excluding steroid dienone is 1. The number of hydrogen-bond acceptors (Lipinski definition) is 8. The third kappa shape index (κ3) is 4.52. The molecule has 0 aliphatic carbocycles. The number of piperidine rings is 1. The lowest BCUT2D eigenvalue weighted by atomic mass is 10.0. The van der Waals surface area contributed by atoms with Gasteiger partial charge in [0.15, 0.2) is 0 Å². The fourth-order valence-electron chi connectivity index (χ4n) is 3.96. The number of benzene rings is 1. The molecule has 2 aliphatic rings. The molecule has 2 fully saturated rings. The fourth-order valence-corrected chi connectivity index (χ4v) is 3.96. The van der Waals surface area contributed by atoms with Crippen molar-refractivity contribution in [3.63, 3.8) is 0 Å². The van der Waals surface area contributed by atoms with Gasteiger partial charge < -0.3 is 37.2 Å². The predicted octanol–water partition coefficient (Wildman–Crippen LogP) is -0.621. The normalized spacial score (nSPS) is 25.4. The second kappa shape index (κ2) is 9.18. The summed E-state index contributed by atoms with van der Waals surface area (Å²) in [5.74, 6) is 0.678. The van der Waals surface area contributed by atoms with Crippen LogP contribution in [0.3, 0.4) is 0 Å². The molecule has 0 radical (unpaired) electrons. The van der Waals surface area contributed by atoms with Crippen LogP contribution >= 0.6 is 0 Å². The molecule has 0 amide bonds. The molecule has 3 rings (SSSR count). The van der Waals surface area contributed by atoms with Crippen molar-refractivity contribution in [2.24, 2.45) is 11.5 Å². The van der Waals surface area contributed by atoms with Crippen LogP contribution in [0.15, 0.2) is 41.9 Å². The summed E-state index contributed by atoms with van der Waals surface area (Å²) in [6, 6.07) is 7.21. The maximum atomic E-state index is 10.3. The van der Waals surface area contributed by atoms with E-state index in [1.807, 2.05) is 12.1 Å². The molecule has 2 saturated heterocycles. The Kier molecular flexibility index (Phi) is 6.66. The van der Waals surface area contributed by atoms with Gasteiger partial charge in [-0.3, -0.25) is 4.90 Å². The molecule has 28 heavy (non-hydrogen) atoms. The highest BCUT2D eigenvalue weighted by Gasteiger charge is 2.31. The van der Waals surface area contributed by atoms with Crippen LogP contribution in [-0.4, -0.2) is 78.5 Å². The summed E-state index contributed by atoms with van der Waals surface area (Å²) in [6.45, 7) is 4.89. The van der Waals surface area contributed by atoms with E-state index in [-0.39, 0.29) is 17.9 Å². The van der Waals surface area contributed by atoms with E-state index < -0.39 is 0 Å². The molecule has 8 heteroatoms. The minimum Gasteiger partial charge on any atom is -0.507 e. The van der Waals surface area contributed by atoms with Gasteiger partial charge in [0.2, 0.25) is 0 Å². The van der Waals surface area contributed by atoms with E-state index in [1.54, 1.807) is 25.2 Å². The lowest BCUT2D eigenvalue weighted by Crippen LogP contribution is -2.58. The number of β-amino-alcohol motifs (C(OH)–C–C–N with tert-alkyl or cyclic N) is 1. The van der Waals surface area contributed by atoms with Gasteiger partial charge in [-0.25, -0.2) is 0 Å². The molecule has 8 nitrogen and oxygen atoms in total. The first-order chi connectivity index (χ1) is 13.5. The Balaban J connectivity index is 1.74. The summed E-state index contributed by atoms with van der Waals surface area (Å²) >= 11 is 0. The molecule has 2 unspecified atom stereocenters. The Labute approximate surface area is 166 Å². The molecule has 0 aromatic heterocycles. The van der Waals surface area contributed by atoms with Crippen LogP contribution in [0.25, 0.3) is 5.70 Å². The largest absolute Gasteiger partial charge is 0.507 e. The molecule has 2 atom stereocenters. The zero-order valence-electron chi connectivity index (χ0n) is 16.4. The molecule has 0 saturated carbocycles. The molecule has 154 valence electrons. The summed E-state index contributed by atoms with van der Waals surface area (Å²) in [5, 5.41) is 26.6. The van der Waals surface area contributed by atoms with Gasteiger partial charge >= 0.3 is 0 Å². The standard InChI is InChI=1S/C20H32N6O2/c1-23-20(22)17(12-15(21)14-4-2-3-5-18(14)27)26-10-8-25(9-11-26)16-6-7-24-13-19(16)28/h2-5,12,16,19,23-24,27-28H,6-11,13,21-22H2,1H3/b15-12-,20-17-. The molecule has 0 bridgehead atoms. The SMILES string of the molecule is CN/C(N)=C(/C=C(\N)c1ccccc1O)N1CCN(C2CCNCC2O)CC1. The first-order valence-electron chi connectivity index (χ1n) is 9.82. The van der Waals surface area contributed by atoms with Crippen LogP contribution in [0.4, 0.5) is 0 Å². The number of nitrogens with two attached hydrogens (primary N) is 2. The Morgan fingerprint density at radius 1 is 1.21 bits per heavy atom. The van der Waals surface area contributed by atoms with E-state index >= 15 is 0 Å². The number of aliphatic hydroxyl groups is 1. The van der Waals surface area contributed by atoms with Crippen molar-refractivity contribution < 1.29 is 10.2 Å². The van der Waals surface area contributed by atoms with Crippen molar-refractivity contribution in [1.29, 1.82) is 0 Å². The number of aliphatic hydroxyl groups excluding tert-OH is 1. The number of para-hydroxylation sites is 1. The van der Waals surface area contributed by atoms with Crippen LogP contribution in [0.2, 0.25) is 0 Å². The summed E-state index contributed by atoms with van der Waals surface area (Å²) < 4.78 is 0. The smallest absolute Gasteiger partial charge is 0.124 e. The lowest BCUT2D eigenvalue weighted by Gasteiger charge is -2.43. The first kappa shape index (κ1) is 20.3. The summed E-state index contributed by atoms with van der Waals surface area (Å²) in [5.41, 5.74) is 14.3. The highest BCUT2D eigenvalue weighted by Crippen LogP contribution is 2.24. The minimum absolute atomic E-state index is 0.142. The van der Waals surface area contributed by atoms with E-state index in [0.717, 1.165) is 44.8 Å². The van der Waals surface area contributed by atoms with E-state index in [0.29, 0.717) is 23.6 Å². The number of nitrogens with one attached hydrogen (secondary N) is 2. The van der Waals surface area contributed by atoms with Crippen molar-refractivity contribution >= 4 is 5.70 Å². The molecular weight excluding hydrogens is 356 g/mol. The second-order valence-corrected chi connectivity index (χ2v) is 7.32. The Hall–Kier alpha value is -2.42. The van der Waals surface area contributed by atoms with Crippen molar-refractivity contribution in [3.05, 3.63) is 47.4 Å². The highest BCUT2D eigenvalue weighted by atomic mass is 16.3. The van der Waals surface area contributed by atoms with Crippen molar-refractivity contribution in [3.8, 4) is 5.75 Å². The van der Waals surface area contributed by atoms with Crippen LogP contribution in [0, 0.1) is 0 Å². The Morgan fingerprint density at radius 2 is 1.93 bits per heavy atom. The van der Waals surface area contributed by atoms with Gasteiger partial charge in [0.25, 0.3) is 0 Å². The molecular formula is C20H32N6O2. The third-order valence-corrected chi connectivity index (χ3v) is 5.59. The van der Waals surface area contributed by atoms with E-state index in [1.165, 1.54) is 0 Å². The van der Waals surface area contributed by atoms with Gasteiger partial charge in [0, 0.05) is 57.1 Å². The second-order valence-electron chi connectivity index (χ2n) is 7.32. The molecule has 0 spiro atoms. The molecule has 8 N–H and O–H groups in total. The topological polar surface area (TPSA) is 123 Å². The number of aromatic hydroxyl groups is 1. The number of rotatable bonds is 5. The molecule has 2 aliphatic heterocycles. The highest BCUT2D eigenvalue weighted by molar-refractivity contribution is 5.69. The zero-order valence-corrected chi connectivity index (χ0v) is 16.4. The Morgan fingerprint density at radius 3 is 2.57 bits per heavy atom. The van der Waals surface area contributed by atoms with Gasteiger partial charge in [0.1, 0.15) is 11.6 Å². The van der Waals surface area contributed by atoms with E-state index in [9.17, 15) is 10.2 Å². The Bertz CT molecular complexity index is 727. The summed E-state index contributed by atoms with van der Waals surface area (Å²) in [4.78, 5) is 4.56. The van der Waals surface area contributed by atoms with Crippen LogP contribution < -0.4 is 22.1 Å². The van der Waals surface area contributed by atoms with E-state index in [4.69, 9.17) is 11.5 Å². The van der Waals surface area contributed by atoms with Crippen molar-refractivity contribution in [2.75, 3.05) is 46.3 Å². The van der Waals surface area contributed by atoms with Gasteiger partial charge in [-0.05, 0) is 31.2 Å². The van der Waals surface area contributed by atoms with Gasteiger partial charge in [-0.15, -0.1) is 0 Å². The monoisotopic (exact) mass is 388 g/mol. The average molecular weight is 389 g/mol. The number of phenolic OH excluding ortho intramolecular Hbond substituents is 1. The summed E-state index contributed by atoms with van der Waals surface area (Å²) in [6.07, 6.45) is 2.45. The van der Waals surface area contributed by atoms with Gasteiger partial charge in [0.05, 0.1) is 11.8 Å². The number of piperazine rings is 1. The lowest BCUT2D eigenvalue weighted by molar-refractivity contribution is 0.00912. The zero-order chi connectivity index (χ0) is 20.1. The van der Waals surface area contributed by atoms with Gasteiger partial charge in [-0.2, -0.15) is 0 Å². The summed E-state index contributed by atoms with van der Waals surface area (Å²) in [7, 11) is 1.78. The number of nitrogens with zero attached hydrogens (tertiary/aromatic N) is 2. The fraction of sp³-hybridized carbons (Fsp3) is 0.500. The average Bonchev–Trinajstić information content (AvgIpc) is 2.72. The maximum Gasteiger partial charge on any atom is 0.124 e. The predicted molar refractivity (Wildman–Crippen MR) is 111 cm³/mol. The number of hydrogen-bond donors (Lipinski definition) is 6. The van der Waals surface area contributed by atoms with E-state index in [2.05, 4.69) is 20.4 Å². The molecule has 2 heterocycles. The van der Waals surface area contributed by atoms with Crippen molar-refractivity contribution in [2.45, 2.75) is 18.6 Å². The van der Waals surface area contributed by atoms with Crippen LogP contribution in [0.1, 0.15) is 12.0 Å². The third-order valence-electron chi connectivity index (χ3n) is 5.59. The molecule has 1 aromatic rings. The number of phenols is 1. The van der Waals surface area contributed by atoms with Crippen LogP contribution in [0.5, 0.6) is 5.75 Å². The molecule has 1 aromatic carbocycles. The van der Waals surface area contributed by atoms with Crippen molar-refractivity contribution in [1.82, 2.24) is 20.4 Å². The van der Waals surface area contributed by atoms with Gasteiger partial charge in [-0.1, -0.05) is 12.1 Å².